The van der Waals surface area contributed by atoms with E-state index < -0.39 is 11.8 Å². The number of fused-ring (bicyclic) bond motifs is 1. The maximum Gasteiger partial charge on any atom is 0.316 e. The van der Waals surface area contributed by atoms with Gasteiger partial charge in [-0.05, 0) is 42.5 Å². The summed E-state index contributed by atoms with van der Waals surface area (Å²) in [5.41, 5.74) is 2.71. The average molecular weight is 337 g/mol. The lowest BCUT2D eigenvalue weighted by atomic mass is 9.99. The number of hydrogen-bond donors (Lipinski definition) is 1. The van der Waals surface area contributed by atoms with E-state index in [1.54, 1.807) is 11.1 Å². The van der Waals surface area contributed by atoms with Gasteiger partial charge in [-0.2, -0.15) is 0 Å². The highest BCUT2D eigenvalue weighted by atomic mass is 16.2. The highest BCUT2D eigenvalue weighted by Crippen LogP contribution is 2.27. The molecule has 1 aromatic carbocycles. The van der Waals surface area contributed by atoms with E-state index in [0.29, 0.717) is 6.54 Å². The first-order chi connectivity index (χ1) is 12.1. The molecule has 1 atom stereocenters. The molecule has 1 aliphatic rings. The van der Waals surface area contributed by atoms with E-state index in [-0.39, 0.29) is 12.0 Å². The molecule has 2 heterocycles. The van der Waals surface area contributed by atoms with E-state index in [1.165, 1.54) is 0 Å². The van der Waals surface area contributed by atoms with Crippen LogP contribution in [0.4, 0.5) is 5.69 Å². The topological polar surface area (TPSA) is 62.3 Å². The number of aromatic nitrogens is 1. The number of pyridine rings is 1. The van der Waals surface area contributed by atoms with Crippen LogP contribution in [0.25, 0.3) is 0 Å². The SMILES string of the molecule is CC(C)C(NC(=O)C(=O)N1CCCc2ccccc21)c1ccccn1. The van der Waals surface area contributed by atoms with Crippen LogP contribution in [0.2, 0.25) is 0 Å². The van der Waals surface area contributed by atoms with Gasteiger partial charge in [-0.3, -0.25) is 14.6 Å². The summed E-state index contributed by atoms with van der Waals surface area (Å²) in [6.07, 6.45) is 3.49. The number of rotatable bonds is 3. The molecule has 130 valence electrons. The molecule has 0 bridgehead atoms. The highest BCUT2D eigenvalue weighted by Gasteiger charge is 2.30. The predicted octanol–water partition coefficient (Wildman–Crippen LogP) is 2.87. The van der Waals surface area contributed by atoms with Crippen molar-refractivity contribution in [3.05, 3.63) is 59.9 Å². The van der Waals surface area contributed by atoms with Gasteiger partial charge in [0.05, 0.1) is 11.7 Å². The van der Waals surface area contributed by atoms with Gasteiger partial charge in [0.1, 0.15) is 0 Å². The van der Waals surface area contributed by atoms with Crippen LogP contribution in [0.3, 0.4) is 0 Å². The number of nitrogens with zero attached hydrogens (tertiary/aromatic N) is 2. The van der Waals surface area contributed by atoms with Crippen molar-refractivity contribution in [1.82, 2.24) is 10.3 Å². The summed E-state index contributed by atoms with van der Waals surface area (Å²) in [6, 6.07) is 13.1. The second-order valence-corrected chi connectivity index (χ2v) is 6.64. The van der Waals surface area contributed by atoms with Crippen molar-refractivity contribution >= 4 is 17.5 Å². The number of anilines is 1. The van der Waals surface area contributed by atoms with Gasteiger partial charge in [0, 0.05) is 18.4 Å². The van der Waals surface area contributed by atoms with Crippen LogP contribution in [0.5, 0.6) is 0 Å². The Morgan fingerprint density at radius 1 is 1.12 bits per heavy atom. The minimum Gasteiger partial charge on any atom is -0.339 e. The summed E-state index contributed by atoms with van der Waals surface area (Å²) < 4.78 is 0. The molecule has 0 fully saturated rings. The summed E-state index contributed by atoms with van der Waals surface area (Å²) >= 11 is 0. The van der Waals surface area contributed by atoms with Crippen molar-refractivity contribution in [2.45, 2.75) is 32.7 Å². The van der Waals surface area contributed by atoms with Crippen molar-refractivity contribution in [2.75, 3.05) is 11.4 Å². The van der Waals surface area contributed by atoms with Crippen LogP contribution >= 0.6 is 0 Å². The average Bonchev–Trinajstić information content (AvgIpc) is 2.65. The number of amides is 2. The molecule has 0 saturated carbocycles. The van der Waals surface area contributed by atoms with Crippen LogP contribution in [0, 0.1) is 5.92 Å². The monoisotopic (exact) mass is 337 g/mol. The maximum absolute atomic E-state index is 12.7. The van der Waals surface area contributed by atoms with Crippen molar-refractivity contribution in [3.63, 3.8) is 0 Å². The fourth-order valence-electron chi connectivity index (χ4n) is 3.21. The van der Waals surface area contributed by atoms with Crippen LogP contribution < -0.4 is 10.2 Å². The summed E-state index contributed by atoms with van der Waals surface area (Å²) in [5, 5.41) is 2.87. The molecule has 5 nitrogen and oxygen atoms in total. The van der Waals surface area contributed by atoms with Crippen LogP contribution in [-0.2, 0) is 16.0 Å². The molecule has 0 aliphatic carbocycles. The summed E-state index contributed by atoms with van der Waals surface area (Å²) in [6.45, 7) is 4.57. The van der Waals surface area contributed by atoms with Gasteiger partial charge in [-0.15, -0.1) is 0 Å². The first kappa shape index (κ1) is 17.1. The zero-order valence-corrected chi connectivity index (χ0v) is 14.6. The standard InChI is InChI=1S/C20H23N3O2/c1-14(2)18(16-10-5-6-12-21-16)22-19(24)20(25)23-13-7-9-15-8-3-4-11-17(15)23/h3-6,8,10-12,14,18H,7,9,13H2,1-2H3,(H,22,24). The lowest BCUT2D eigenvalue weighted by molar-refractivity contribution is -0.138. The molecule has 1 N–H and O–H groups in total. The van der Waals surface area contributed by atoms with Crippen molar-refractivity contribution in [1.29, 1.82) is 0 Å². The third-order valence-electron chi connectivity index (χ3n) is 4.51. The molecule has 5 heteroatoms. The number of carbonyl (C=O) groups excluding carboxylic acids is 2. The number of carbonyl (C=O) groups is 2. The minimum absolute atomic E-state index is 0.125. The molecule has 0 saturated heterocycles. The fraction of sp³-hybridized carbons (Fsp3) is 0.350. The zero-order valence-electron chi connectivity index (χ0n) is 14.6. The van der Waals surface area contributed by atoms with Gasteiger partial charge in [-0.25, -0.2) is 0 Å². The van der Waals surface area contributed by atoms with Crippen molar-refractivity contribution in [2.24, 2.45) is 5.92 Å². The predicted molar refractivity (Wildman–Crippen MR) is 97.1 cm³/mol. The third-order valence-corrected chi connectivity index (χ3v) is 4.51. The summed E-state index contributed by atoms with van der Waals surface area (Å²) in [7, 11) is 0. The lowest BCUT2D eigenvalue weighted by Crippen LogP contribution is -2.47. The molecular weight excluding hydrogens is 314 g/mol. The Labute approximate surface area is 148 Å². The second kappa shape index (κ2) is 7.47. The van der Waals surface area contributed by atoms with E-state index in [9.17, 15) is 9.59 Å². The largest absolute Gasteiger partial charge is 0.339 e. The summed E-state index contributed by atoms with van der Waals surface area (Å²) in [5.74, 6) is -0.963. The molecule has 3 rings (SSSR count). The molecule has 25 heavy (non-hydrogen) atoms. The summed E-state index contributed by atoms with van der Waals surface area (Å²) in [4.78, 5) is 31.3. The molecule has 0 spiro atoms. The highest BCUT2D eigenvalue weighted by molar-refractivity contribution is 6.40. The molecule has 1 aliphatic heterocycles. The van der Waals surface area contributed by atoms with Gasteiger partial charge in [0.2, 0.25) is 0 Å². The molecule has 0 radical (unpaired) electrons. The fourth-order valence-corrected chi connectivity index (χ4v) is 3.21. The number of hydrogen-bond acceptors (Lipinski definition) is 3. The maximum atomic E-state index is 12.7. The Balaban J connectivity index is 1.78. The molecule has 2 aromatic rings. The number of benzene rings is 1. The van der Waals surface area contributed by atoms with Crippen molar-refractivity contribution in [3.8, 4) is 0 Å². The number of aryl methyl sites for hydroxylation is 1. The second-order valence-electron chi connectivity index (χ2n) is 6.64. The quantitative estimate of drug-likeness (QED) is 0.876. The third kappa shape index (κ3) is 3.71. The smallest absolute Gasteiger partial charge is 0.316 e. The minimum atomic E-state index is -0.582. The van der Waals surface area contributed by atoms with Gasteiger partial charge >= 0.3 is 11.8 Å². The van der Waals surface area contributed by atoms with Gasteiger partial charge < -0.3 is 10.2 Å². The van der Waals surface area contributed by atoms with E-state index in [2.05, 4.69) is 10.3 Å². The van der Waals surface area contributed by atoms with E-state index >= 15 is 0 Å². The van der Waals surface area contributed by atoms with Crippen LogP contribution in [0.15, 0.2) is 48.7 Å². The van der Waals surface area contributed by atoms with Crippen LogP contribution in [-0.4, -0.2) is 23.3 Å². The van der Waals surface area contributed by atoms with Crippen molar-refractivity contribution < 1.29 is 9.59 Å². The Hall–Kier alpha value is -2.69. The molecule has 2 amide bonds. The Morgan fingerprint density at radius 3 is 2.60 bits per heavy atom. The number of para-hydroxylation sites is 1. The van der Waals surface area contributed by atoms with Crippen LogP contribution in [0.1, 0.15) is 37.6 Å². The Bertz CT molecular complexity index is 759. The lowest BCUT2D eigenvalue weighted by Gasteiger charge is -2.30. The van der Waals surface area contributed by atoms with Gasteiger partial charge in [0.15, 0.2) is 0 Å². The van der Waals surface area contributed by atoms with Gasteiger partial charge in [-0.1, -0.05) is 38.1 Å². The normalized spacial score (nSPS) is 14.8. The van der Waals surface area contributed by atoms with Gasteiger partial charge in [0.25, 0.3) is 0 Å². The molecule has 1 aromatic heterocycles. The first-order valence-corrected chi connectivity index (χ1v) is 8.69. The zero-order chi connectivity index (χ0) is 17.8. The number of nitrogens with one attached hydrogen (secondary N) is 1. The molecular formula is C20H23N3O2. The van der Waals surface area contributed by atoms with E-state index in [4.69, 9.17) is 0 Å². The molecule has 1 unspecified atom stereocenters. The Morgan fingerprint density at radius 2 is 1.88 bits per heavy atom. The van der Waals surface area contributed by atoms with E-state index in [1.807, 2.05) is 56.3 Å². The Kier molecular flexibility index (Phi) is 5.12. The first-order valence-electron chi connectivity index (χ1n) is 8.69. The van der Waals surface area contributed by atoms with E-state index in [0.717, 1.165) is 29.8 Å².